The molecule has 102 valence electrons. The second kappa shape index (κ2) is 6.78. The van der Waals surface area contributed by atoms with Gasteiger partial charge in [-0.1, -0.05) is 6.08 Å². The lowest BCUT2D eigenvalue weighted by Crippen LogP contribution is -2.25. The lowest BCUT2D eigenvalue weighted by molar-refractivity contribution is -0.134. The molecular weight excluding hydrogens is 244 g/mol. The van der Waals surface area contributed by atoms with Gasteiger partial charge in [-0.15, -0.1) is 0 Å². The van der Waals surface area contributed by atoms with Crippen molar-refractivity contribution in [2.45, 2.75) is 45.3 Å². The molecule has 0 radical (unpaired) electrons. The van der Waals surface area contributed by atoms with Crippen molar-refractivity contribution in [3.8, 4) is 0 Å². The van der Waals surface area contributed by atoms with Crippen molar-refractivity contribution in [2.24, 2.45) is 5.92 Å². The van der Waals surface area contributed by atoms with Gasteiger partial charge < -0.3 is 9.16 Å². The normalized spacial score (nSPS) is 20.7. The van der Waals surface area contributed by atoms with Gasteiger partial charge in [0.25, 0.3) is 0 Å². The fraction of sp³-hybridized carbons (Fsp3) is 0.643. The van der Waals surface area contributed by atoms with Gasteiger partial charge in [-0.25, -0.2) is 4.79 Å². The Morgan fingerprint density at radius 3 is 2.72 bits per heavy atom. The van der Waals surface area contributed by atoms with Crippen molar-refractivity contribution in [3.63, 3.8) is 0 Å². The Labute approximate surface area is 111 Å². The van der Waals surface area contributed by atoms with Crippen LogP contribution in [0.1, 0.15) is 25.7 Å². The molecule has 0 N–H and O–H groups in total. The maximum atomic E-state index is 10.9. The van der Waals surface area contributed by atoms with Gasteiger partial charge in [-0.3, -0.25) is 0 Å². The zero-order valence-corrected chi connectivity index (χ0v) is 12.9. The van der Waals surface area contributed by atoms with Crippen molar-refractivity contribution in [1.29, 1.82) is 0 Å². The minimum Gasteiger partial charge on any atom is -0.548 e. The van der Waals surface area contributed by atoms with Crippen molar-refractivity contribution in [2.75, 3.05) is 7.11 Å². The van der Waals surface area contributed by atoms with E-state index in [2.05, 4.69) is 30.5 Å². The van der Waals surface area contributed by atoms with Crippen LogP contribution < -0.4 is 0 Å². The van der Waals surface area contributed by atoms with Crippen molar-refractivity contribution >= 4 is 14.3 Å². The molecule has 0 spiro atoms. The van der Waals surface area contributed by atoms with Crippen LogP contribution in [0.4, 0.5) is 0 Å². The molecule has 0 aromatic rings. The molecule has 0 bridgehead atoms. The Morgan fingerprint density at radius 2 is 2.22 bits per heavy atom. The third kappa shape index (κ3) is 6.05. The molecule has 0 amide bonds. The zero-order chi connectivity index (χ0) is 13.6. The van der Waals surface area contributed by atoms with Crippen LogP contribution in [0.5, 0.6) is 0 Å². The average molecular weight is 268 g/mol. The number of ether oxygens (including phenoxy) is 1. The zero-order valence-electron chi connectivity index (χ0n) is 11.9. The first kappa shape index (κ1) is 15.0. The van der Waals surface area contributed by atoms with Crippen LogP contribution in [0.25, 0.3) is 0 Å². The Balaban J connectivity index is 2.34. The van der Waals surface area contributed by atoms with Gasteiger partial charge in [0, 0.05) is 12.5 Å². The number of hydrogen-bond donors (Lipinski definition) is 0. The van der Waals surface area contributed by atoms with Crippen LogP contribution in [0.2, 0.25) is 19.6 Å². The summed E-state index contributed by atoms with van der Waals surface area (Å²) >= 11 is 0. The van der Waals surface area contributed by atoms with E-state index in [0.29, 0.717) is 5.92 Å². The molecule has 18 heavy (non-hydrogen) atoms. The van der Waals surface area contributed by atoms with E-state index >= 15 is 0 Å². The molecule has 0 saturated carbocycles. The quantitative estimate of drug-likeness (QED) is 0.434. The molecule has 0 aromatic heterocycles. The third-order valence-corrected chi connectivity index (χ3v) is 3.71. The van der Waals surface area contributed by atoms with Crippen molar-refractivity contribution < 1.29 is 14.0 Å². The molecule has 1 aliphatic carbocycles. The number of rotatable bonds is 5. The number of methoxy groups -OCH3 is 1. The predicted molar refractivity (Wildman–Crippen MR) is 75.6 cm³/mol. The molecule has 0 fully saturated rings. The van der Waals surface area contributed by atoms with E-state index in [1.54, 1.807) is 0 Å². The fourth-order valence-corrected chi connectivity index (χ4v) is 2.96. The fourth-order valence-electron chi connectivity index (χ4n) is 1.99. The minimum absolute atomic E-state index is 0.274. The second-order valence-corrected chi connectivity index (χ2v) is 10.1. The van der Waals surface area contributed by atoms with Crippen LogP contribution in [-0.4, -0.2) is 21.4 Å². The molecule has 0 unspecified atom stereocenters. The number of hydrogen-bond acceptors (Lipinski definition) is 3. The van der Waals surface area contributed by atoms with Crippen LogP contribution >= 0.6 is 0 Å². The lowest BCUT2D eigenvalue weighted by Gasteiger charge is -2.26. The number of allylic oxidation sites excluding steroid dienone is 3. The number of esters is 1. The monoisotopic (exact) mass is 268 g/mol. The molecule has 4 heteroatoms. The summed E-state index contributed by atoms with van der Waals surface area (Å²) in [6.07, 6.45) is 9.80. The maximum Gasteiger partial charge on any atom is 0.330 e. The van der Waals surface area contributed by atoms with E-state index in [1.165, 1.54) is 18.9 Å². The van der Waals surface area contributed by atoms with Crippen LogP contribution in [0.15, 0.2) is 24.0 Å². The van der Waals surface area contributed by atoms with E-state index in [9.17, 15) is 4.79 Å². The van der Waals surface area contributed by atoms with Crippen LogP contribution in [0, 0.1) is 5.92 Å². The van der Waals surface area contributed by atoms with Gasteiger partial charge in [-0.05, 0) is 50.9 Å². The van der Waals surface area contributed by atoms with E-state index in [4.69, 9.17) is 4.43 Å². The molecular formula is C14H24O3Si. The van der Waals surface area contributed by atoms with Crippen molar-refractivity contribution in [1.82, 2.24) is 0 Å². The molecule has 0 aromatic carbocycles. The minimum atomic E-state index is -1.46. The molecule has 0 saturated heterocycles. The Morgan fingerprint density at radius 1 is 1.50 bits per heavy atom. The molecule has 1 aliphatic rings. The van der Waals surface area contributed by atoms with Gasteiger partial charge in [0.2, 0.25) is 8.32 Å². The third-order valence-electron chi connectivity index (χ3n) is 2.84. The standard InChI is InChI=1S/C14H24O3Si/c1-16-14(15)7-5-6-12-8-10-13(11-9-12)17-18(2,3)4/h5,7,10,12H,6,8-9,11H2,1-4H3/b7-5+/t12-/m0/s1. The summed E-state index contributed by atoms with van der Waals surface area (Å²) in [5, 5.41) is 0. The first-order chi connectivity index (χ1) is 8.40. The summed E-state index contributed by atoms with van der Waals surface area (Å²) in [4.78, 5) is 10.9. The summed E-state index contributed by atoms with van der Waals surface area (Å²) in [6.45, 7) is 6.62. The van der Waals surface area contributed by atoms with Crippen molar-refractivity contribution in [3.05, 3.63) is 24.0 Å². The Hall–Kier alpha value is -1.03. The Kier molecular flexibility index (Phi) is 5.66. The van der Waals surface area contributed by atoms with E-state index in [0.717, 1.165) is 25.7 Å². The number of carbonyl (C=O) groups is 1. The van der Waals surface area contributed by atoms with Gasteiger partial charge in [0.15, 0.2) is 0 Å². The smallest absolute Gasteiger partial charge is 0.330 e. The summed E-state index contributed by atoms with van der Waals surface area (Å²) in [7, 11) is -0.0565. The first-order valence-corrected chi connectivity index (χ1v) is 9.94. The van der Waals surface area contributed by atoms with Crippen LogP contribution in [-0.2, 0) is 14.0 Å². The largest absolute Gasteiger partial charge is 0.548 e. The molecule has 1 atom stereocenters. The number of carbonyl (C=O) groups excluding carboxylic acids is 1. The van der Waals surface area contributed by atoms with E-state index in [1.807, 2.05) is 6.08 Å². The first-order valence-electron chi connectivity index (χ1n) is 6.53. The van der Waals surface area contributed by atoms with Gasteiger partial charge in [0.05, 0.1) is 12.9 Å². The highest BCUT2D eigenvalue weighted by molar-refractivity contribution is 6.70. The molecule has 1 rings (SSSR count). The highest BCUT2D eigenvalue weighted by Gasteiger charge is 2.20. The average Bonchev–Trinajstić information content (AvgIpc) is 2.29. The van der Waals surface area contributed by atoms with Gasteiger partial charge >= 0.3 is 5.97 Å². The van der Waals surface area contributed by atoms with Gasteiger partial charge in [0.1, 0.15) is 0 Å². The van der Waals surface area contributed by atoms with Gasteiger partial charge in [-0.2, -0.15) is 0 Å². The highest BCUT2D eigenvalue weighted by Crippen LogP contribution is 2.28. The molecule has 0 aliphatic heterocycles. The SMILES string of the molecule is COC(=O)/C=C/C[C@H]1CC=C(O[Si](C)(C)C)CC1. The summed E-state index contributed by atoms with van der Waals surface area (Å²) < 4.78 is 10.6. The molecule has 3 nitrogen and oxygen atoms in total. The Bertz CT molecular complexity index is 339. The summed E-state index contributed by atoms with van der Waals surface area (Å²) in [6, 6.07) is 0. The topological polar surface area (TPSA) is 35.5 Å². The van der Waals surface area contributed by atoms with E-state index < -0.39 is 8.32 Å². The highest BCUT2D eigenvalue weighted by atomic mass is 28.4. The maximum absolute atomic E-state index is 10.9. The summed E-state index contributed by atoms with van der Waals surface area (Å²) in [5.41, 5.74) is 0. The molecule has 0 heterocycles. The second-order valence-electron chi connectivity index (χ2n) is 5.69. The summed E-state index contributed by atoms with van der Waals surface area (Å²) in [5.74, 6) is 1.52. The van der Waals surface area contributed by atoms with E-state index in [-0.39, 0.29) is 5.97 Å². The lowest BCUT2D eigenvalue weighted by atomic mass is 9.90. The predicted octanol–water partition coefficient (Wildman–Crippen LogP) is 3.64. The van der Waals surface area contributed by atoms with Crippen LogP contribution in [0.3, 0.4) is 0 Å².